The third kappa shape index (κ3) is 7.55. The van der Waals surface area contributed by atoms with Crippen LogP contribution in [0.1, 0.15) is 23.6 Å². The zero-order chi connectivity index (χ0) is 49.9. The molecule has 1 aliphatic carbocycles. The minimum absolute atomic E-state index is 0.280. The van der Waals surface area contributed by atoms with Gasteiger partial charge < -0.3 is 4.90 Å². The average molecular weight is 954 g/mol. The molecule has 0 spiro atoms. The summed E-state index contributed by atoms with van der Waals surface area (Å²) in [5.74, 6) is 0. The summed E-state index contributed by atoms with van der Waals surface area (Å²) >= 11 is 0. The van der Waals surface area contributed by atoms with Crippen molar-refractivity contribution < 1.29 is 0 Å². The third-order valence-corrected chi connectivity index (χ3v) is 15.9. The van der Waals surface area contributed by atoms with Gasteiger partial charge in [-0.1, -0.05) is 243 Å². The number of nitrogens with zero attached hydrogens (tertiary/aromatic N) is 1. The molecule has 14 rings (SSSR count). The van der Waals surface area contributed by atoms with Crippen molar-refractivity contribution >= 4 is 49.4 Å². The number of fused-ring (bicyclic) bond motifs is 7. The highest BCUT2D eigenvalue weighted by Crippen LogP contribution is 2.54. The molecule has 0 saturated heterocycles. The Morgan fingerprint density at radius 3 is 1.35 bits per heavy atom. The molecule has 13 aromatic rings. The summed E-state index contributed by atoms with van der Waals surface area (Å²) in [7, 11) is 0. The van der Waals surface area contributed by atoms with E-state index >= 15 is 0 Å². The largest absolute Gasteiger partial charge is 0.310 e. The van der Waals surface area contributed by atoms with Crippen LogP contribution in [0.5, 0.6) is 0 Å². The first kappa shape index (κ1) is 44.2. The van der Waals surface area contributed by atoms with E-state index in [1.165, 1.54) is 110 Å². The Bertz CT molecular complexity index is 4260. The lowest BCUT2D eigenvalue weighted by atomic mass is 9.74. The average Bonchev–Trinajstić information content (AvgIpc) is 3.77. The molecule has 13 aromatic carbocycles. The van der Waals surface area contributed by atoms with Gasteiger partial charge in [-0.15, -0.1) is 0 Å². The molecule has 0 N–H and O–H groups in total. The predicted octanol–water partition coefficient (Wildman–Crippen LogP) is 20.3. The minimum Gasteiger partial charge on any atom is -0.310 e. The van der Waals surface area contributed by atoms with E-state index in [0.29, 0.717) is 0 Å². The van der Waals surface area contributed by atoms with Crippen LogP contribution in [0.25, 0.3) is 99.1 Å². The Labute approximate surface area is 438 Å². The molecule has 1 nitrogen and oxygen atoms in total. The molecular formula is C74H51N. The van der Waals surface area contributed by atoms with Crippen molar-refractivity contribution in [2.24, 2.45) is 0 Å². The standard InChI is InChI=1S/C74H51N/c1-74(60-23-9-4-10-24-60)70-28-16-15-26-66(70)68-49-63(44-46-71(68)74)75(61-40-35-52(36-41-61)51-29-31-53(32-30-51)58-34-33-50-17-11-12-22-57(50)47-58)62-42-37-54(38-43-62)59-39-45-65-64-25-13-14-27-67(64)72(55-18-5-2-6-19-55)73(69(65)48-59)56-20-7-3-8-21-56/h2-49H,1H3. The summed E-state index contributed by atoms with van der Waals surface area (Å²) < 4.78 is 0. The van der Waals surface area contributed by atoms with E-state index < -0.39 is 0 Å². The second-order valence-corrected chi connectivity index (χ2v) is 20.1. The van der Waals surface area contributed by atoms with E-state index in [1.54, 1.807) is 0 Å². The zero-order valence-corrected chi connectivity index (χ0v) is 41.7. The third-order valence-electron chi connectivity index (χ3n) is 15.9. The molecule has 0 saturated carbocycles. The molecule has 0 radical (unpaired) electrons. The number of benzene rings is 13. The molecule has 0 amide bonds. The summed E-state index contributed by atoms with van der Waals surface area (Å²) in [5, 5.41) is 7.52. The van der Waals surface area contributed by atoms with Gasteiger partial charge in [0, 0.05) is 22.5 Å². The van der Waals surface area contributed by atoms with E-state index in [9.17, 15) is 0 Å². The van der Waals surface area contributed by atoms with Crippen LogP contribution in [-0.4, -0.2) is 0 Å². The van der Waals surface area contributed by atoms with Crippen molar-refractivity contribution in [1.82, 2.24) is 0 Å². The zero-order valence-electron chi connectivity index (χ0n) is 41.7. The van der Waals surface area contributed by atoms with E-state index in [1.807, 2.05) is 0 Å². The van der Waals surface area contributed by atoms with Gasteiger partial charge in [-0.3, -0.25) is 0 Å². The van der Waals surface area contributed by atoms with Gasteiger partial charge in [-0.25, -0.2) is 0 Å². The maximum atomic E-state index is 2.42. The molecule has 75 heavy (non-hydrogen) atoms. The number of rotatable bonds is 9. The highest BCUT2D eigenvalue weighted by Gasteiger charge is 2.41. The summed E-state index contributed by atoms with van der Waals surface area (Å²) in [5.41, 5.74) is 21.6. The fraction of sp³-hybridized carbons (Fsp3) is 0.0270. The summed E-state index contributed by atoms with van der Waals surface area (Å²) in [4.78, 5) is 2.42. The molecule has 0 fully saturated rings. The monoisotopic (exact) mass is 953 g/mol. The molecule has 0 heterocycles. The molecule has 1 unspecified atom stereocenters. The molecule has 352 valence electrons. The van der Waals surface area contributed by atoms with Gasteiger partial charge in [0.15, 0.2) is 0 Å². The van der Waals surface area contributed by atoms with Gasteiger partial charge in [-0.2, -0.15) is 0 Å². The second-order valence-electron chi connectivity index (χ2n) is 20.1. The van der Waals surface area contributed by atoms with E-state index in [2.05, 4.69) is 303 Å². The highest BCUT2D eigenvalue weighted by atomic mass is 15.1. The fourth-order valence-electron chi connectivity index (χ4n) is 12.2. The van der Waals surface area contributed by atoms with Crippen LogP contribution >= 0.6 is 0 Å². The van der Waals surface area contributed by atoms with E-state index in [-0.39, 0.29) is 5.41 Å². The topological polar surface area (TPSA) is 3.24 Å². The van der Waals surface area contributed by atoms with Crippen LogP contribution in [0.3, 0.4) is 0 Å². The normalized spacial score (nSPS) is 13.7. The van der Waals surface area contributed by atoms with Gasteiger partial charge in [0.05, 0.1) is 0 Å². The first-order chi connectivity index (χ1) is 37.1. The van der Waals surface area contributed by atoms with Crippen molar-refractivity contribution in [1.29, 1.82) is 0 Å². The number of hydrogen-bond acceptors (Lipinski definition) is 1. The molecule has 1 aliphatic rings. The lowest BCUT2D eigenvalue weighted by Gasteiger charge is -2.29. The Kier molecular flexibility index (Phi) is 10.7. The SMILES string of the molecule is CC1(c2ccccc2)c2ccccc2-c2cc(N(c3ccc(-c4ccc(-c5ccc6ccccc6c5)cc4)cc3)c3ccc(-c4ccc5c(c4)c(-c4ccccc4)c(-c4ccccc4)c4ccccc45)cc3)ccc21. The lowest BCUT2D eigenvalue weighted by molar-refractivity contribution is 0.714. The van der Waals surface area contributed by atoms with Crippen molar-refractivity contribution in [3.8, 4) is 66.8 Å². The Hall–Kier alpha value is -9.56. The van der Waals surface area contributed by atoms with E-state index in [0.717, 1.165) is 22.6 Å². The number of anilines is 3. The molecular weight excluding hydrogens is 903 g/mol. The highest BCUT2D eigenvalue weighted by molar-refractivity contribution is 6.22. The fourth-order valence-corrected chi connectivity index (χ4v) is 12.2. The number of hydrogen-bond donors (Lipinski definition) is 0. The summed E-state index contributed by atoms with van der Waals surface area (Å²) in [6.45, 7) is 2.39. The summed E-state index contributed by atoms with van der Waals surface area (Å²) in [6.07, 6.45) is 0. The van der Waals surface area contributed by atoms with Gasteiger partial charge in [0.1, 0.15) is 0 Å². The van der Waals surface area contributed by atoms with Crippen LogP contribution in [-0.2, 0) is 5.41 Å². The van der Waals surface area contributed by atoms with Crippen molar-refractivity contribution in [2.45, 2.75) is 12.3 Å². The van der Waals surface area contributed by atoms with Crippen LogP contribution in [0.2, 0.25) is 0 Å². The Morgan fingerprint density at radius 2 is 0.693 bits per heavy atom. The maximum absolute atomic E-state index is 2.42. The predicted molar refractivity (Wildman–Crippen MR) is 318 cm³/mol. The molecule has 0 bridgehead atoms. The van der Waals surface area contributed by atoms with Gasteiger partial charge in [-0.05, 0) is 171 Å². The van der Waals surface area contributed by atoms with E-state index in [4.69, 9.17) is 0 Å². The van der Waals surface area contributed by atoms with Crippen molar-refractivity contribution in [3.05, 3.63) is 308 Å². The van der Waals surface area contributed by atoms with Crippen LogP contribution in [0, 0.1) is 0 Å². The van der Waals surface area contributed by atoms with Crippen LogP contribution in [0.15, 0.2) is 291 Å². The van der Waals surface area contributed by atoms with Gasteiger partial charge >= 0.3 is 0 Å². The first-order valence-electron chi connectivity index (χ1n) is 26.1. The Balaban J connectivity index is 0.878. The summed E-state index contributed by atoms with van der Waals surface area (Å²) in [6, 6.07) is 107. The van der Waals surface area contributed by atoms with Crippen molar-refractivity contribution in [2.75, 3.05) is 4.90 Å². The van der Waals surface area contributed by atoms with Crippen LogP contribution in [0.4, 0.5) is 17.1 Å². The quantitative estimate of drug-likeness (QED) is 0.130. The lowest BCUT2D eigenvalue weighted by Crippen LogP contribution is -2.22. The first-order valence-corrected chi connectivity index (χ1v) is 26.1. The molecule has 1 heteroatoms. The maximum Gasteiger partial charge on any atom is 0.0468 e. The molecule has 0 aromatic heterocycles. The van der Waals surface area contributed by atoms with Gasteiger partial charge in [0.25, 0.3) is 0 Å². The Morgan fingerprint density at radius 1 is 0.253 bits per heavy atom. The second kappa shape index (κ2) is 18.2. The smallest absolute Gasteiger partial charge is 0.0468 e. The molecule has 0 aliphatic heterocycles. The van der Waals surface area contributed by atoms with Crippen molar-refractivity contribution in [3.63, 3.8) is 0 Å². The van der Waals surface area contributed by atoms with Gasteiger partial charge in [0.2, 0.25) is 0 Å². The van der Waals surface area contributed by atoms with Crippen LogP contribution < -0.4 is 4.90 Å². The molecule has 1 atom stereocenters. The minimum atomic E-state index is -0.280.